The van der Waals surface area contributed by atoms with Gasteiger partial charge in [-0.2, -0.15) is 0 Å². The van der Waals surface area contributed by atoms with Gasteiger partial charge in [0.05, 0.1) is 0 Å². The molecule has 0 fully saturated rings. The molecule has 1 aromatic rings. The summed E-state index contributed by atoms with van der Waals surface area (Å²) in [6.07, 6.45) is 2.54. The third kappa shape index (κ3) is 5.52. The molecular weight excluding hydrogens is 275 g/mol. The average molecular weight is 289 g/mol. The highest BCUT2D eigenvalue weighted by molar-refractivity contribution is 6.35. The van der Waals surface area contributed by atoms with E-state index < -0.39 is 5.97 Å². The van der Waals surface area contributed by atoms with Crippen LogP contribution in [0.5, 0.6) is 0 Å². The molecule has 0 spiro atoms. The van der Waals surface area contributed by atoms with Crippen LogP contribution < -0.4 is 0 Å². The Labute approximate surface area is 116 Å². The van der Waals surface area contributed by atoms with Gasteiger partial charge in [0.2, 0.25) is 0 Å². The van der Waals surface area contributed by atoms with Crippen LogP contribution in [0.25, 0.3) is 0 Å². The van der Waals surface area contributed by atoms with Crippen LogP contribution >= 0.6 is 23.2 Å². The van der Waals surface area contributed by atoms with Crippen molar-refractivity contribution in [3.05, 3.63) is 33.8 Å². The fourth-order valence-electron chi connectivity index (χ4n) is 1.60. The zero-order valence-corrected chi connectivity index (χ0v) is 11.3. The monoisotopic (exact) mass is 288 g/mol. The highest BCUT2D eigenvalue weighted by Gasteiger charge is 2.08. The first-order valence-corrected chi connectivity index (χ1v) is 6.45. The van der Waals surface area contributed by atoms with Gasteiger partial charge in [0.15, 0.2) is 5.78 Å². The first kappa shape index (κ1) is 15.0. The first-order valence-electron chi connectivity index (χ1n) is 5.70. The number of carboxylic acids is 1. The van der Waals surface area contributed by atoms with Gasteiger partial charge in [0.1, 0.15) is 0 Å². The van der Waals surface area contributed by atoms with E-state index in [4.69, 9.17) is 28.3 Å². The fourth-order valence-corrected chi connectivity index (χ4v) is 2.12. The Balaban J connectivity index is 2.38. The second kappa shape index (κ2) is 7.39. The van der Waals surface area contributed by atoms with E-state index in [9.17, 15) is 9.59 Å². The first-order chi connectivity index (χ1) is 8.49. The second-order valence-corrected chi connectivity index (χ2v) is 4.91. The number of benzene rings is 1. The quantitative estimate of drug-likeness (QED) is 0.604. The lowest BCUT2D eigenvalue weighted by molar-refractivity contribution is -0.137. The molecule has 0 unspecified atom stereocenters. The average Bonchev–Trinajstić information content (AvgIpc) is 2.26. The number of ketones is 1. The lowest BCUT2D eigenvalue weighted by atomic mass is 10.0. The Kier molecular flexibility index (Phi) is 6.16. The predicted molar refractivity (Wildman–Crippen MR) is 71.5 cm³/mol. The zero-order valence-electron chi connectivity index (χ0n) is 9.79. The molecule has 5 heteroatoms. The number of carboxylic acid groups (broad SMARTS) is 1. The van der Waals surface area contributed by atoms with Gasteiger partial charge in [-0.3, -0.25) is 9.59 Å². The van der Waals surface area contributed by atoms with Crippen LogP contribution in [0.15, 0.2) is 18.2 Å². The Hall–Kier alpha value is -1.06. The van der Waals surface area contributed by atoms with E-state index in [2.05, 4.69) is 0 Å². The number of unbranched alkanes of at least 4 members (excludes halogenated alkanes) is 2. The van der Waals surface area contributed by atoms with Crippen molar-refractivity contribution in [2.24, 2.45) is 0 Å². The highest BCUT2D eigenvalue weighted by Crippen LogP contribution is 2.20. The van der Waals surface area contributed by atoms with Crippen LogP contribution in [0.2, 0.25) is 10.0 Å². The molecule has 0 aliphatic rings. The van der Waals surface area contributed by atoms with E-state index in [0.717, 1.165) is 6.42 Å². The fraction of sp³-hybridized carbons (Fsp3) is 0.385. The van der Waals surface area contributed by atoms with E-state index >= 15 is 0 Å². The minimum Gasteiger partial charge on any atom is -0.481 e. The van der Waals surface area contributed by atoms with Crippen molar-refractivity contribution < 1.29 is 14.7 Å². The van der Waals surface area contributed by atoms with E-state index in [-0.39, 0.29) is 12.2 Å². The number of Topliss-reactive ketones (excluding diaryl/α,β-unsaturated/α-hetero) is 1. The minimum atomic E-state index is -0.803. The van der Waals surface area contributed by atoms with Crippen LogP contribution in [0.3, 0.4) is 0 Å². The molecule has 0 amide bonds. The van der Waals surface area contributed by atoms with Gasteiger partial charge in [0, 0.05) is 28.5 Å². The number of hydrogen-bond acceptors (Lipinski definition) is 2. The molecule has 0 heterocycles. The zero-order chi connectivity index (χ0) is 13.5. The molecule has 1 N–H and O–H groups in total. The molecule has 3 nitrogen and oxygen atoms in total. The number of halogens is 2. The molecule has 0 aliphatic heterocycles. The SMILES string of the molecule is O=C(O)CCCCCC(=O)c1cc(Cl)cc(Cl)c1. The van der Waals surface area contributed by atoms with Crippen LogP contribution in [0.4, 0.5) is 0 Å². The number of carbonyl (C=O) groups is 2. The standard InChI is InChI=1S/C13H14Cl2O3/c14-10-6-9(7-11(15)8-10)12(16)4-2-1-3-5-13(17)18/h6-8H,1-5H2,(H,17,18). The van der Waals surface area contributed by atoms with E-state index in [1.165, 1.54) is 0 Å². The molecule has 0 saturated heterocycles. The number of carbonyl (C=O) groups excluding carboxylic acids is 1. The molecule has 0 radical (unpaired) electrons. The predicted octanol–water partition coefficient (Wildman–Crippen LogP) is 4.21. The molecule has 0 aromatic heterocycles. The summed E-state index contributed by atoms with van der Waals surface area (Å²) in [6, 6.07) is 4.76. The maximum atomic E-state index is 11.8. The second-order valence-electron chi connectivity index (χ2n) is 4.04. The third-order valence-corrected chi connectivity index (χ3v) is 2.92. The maximum Gasteiger partial charge on any atom is 0.303 e. The van der Waals surface area contributed by atoms with Gasteiger partial charge < -0.3 is 5.11 Å². The Morgan fingerprint density at radius 3 is 2.06 bits per heavy atom. The van der Waals surface area contributed by atoms with Gasteiger partial charge in [0.25, 0.3) is 0 Å². The molecule has 1 aromatic carbocycles. The minimum absolute atomic E-state index is 0.0188. The summed E-state index contributed by atoms with van der Waals surface area (Å²) >= 11 is 11.6. The summed E-state index contributed by atoms with van der Waals surface area (Å²) in [5.41, 5.74) is 0.505. The molecule has 0 bridgehead atoms. The van der Waals surface area contributed by atoms with Crippen LogP contribution in [0.1, 0.15) is 42.5 Å². The molecule has 98 valence electrons. The Bertz CT molecular complexity index is 424. The van der Waals surface area contributed by atoms with Gasteiger partial charge in [-0.1, -0.05) is 29.6 Å². The summed E-state index contributed by atoms with van der Waals surface area (Å²) in [5, 5.41) is 9.35. The van der Waals surface area contributed by atoms with Crippen LogP contribution in [-0.4, -0.2) is 16.9 Å². The molecule has 0 saturated carbocycles. The van der Waals surface area contributed by atoms with Gasteiger partial charge >= 0.3 is 5.97 Å². The molecule has 0 aliphatic carbocycles. The summed E-state index contributed by atoms with van der Waals surface area (Å²) < 4.78 is 0. The Morgan fingerprint density at radius 2 is 1.50 bits per heavy atom. The maximum absolute atomic E-state index is 11.8. The summed E-state index contributed by atoms with van der Waals surface area (Å²) in [4.78, 5) is 22.1. The van der Waals surface area contributed by atoms with Crippen molar-refractivity contribution >= 4 is 35.0 Å². The van der Waals surface area contributed by atoms with Crippen LogP contribution in [0, 0.1) is 0 Å². The topological polar surface area (TPSA) is 54.4 Å². The van der Waals surface area contributed by atoms with Gasteiger partial charge in [-0.05, 0) is 31.0 Å². The van der Waals surface area contributed by atoms with Crippen molar-refractivity contribution in [2.45, 2.75) is 32.1 Å². The molecule has 18 heavy (non-hydrogen) atoms. The molecule has 0 atom stereocenters. The van der Waals surface area contributed by atoms with E-state index in [0.29, 0.717) is 34.9 Å². The lowest BCUT2D eigenvalue weighted by Crippen LogP contribution is -2.00. The lowest BCUT2D eigenvalue weighted by Gasteiger charge is -2.02. The van der Waals surface area contributed by atoms with Crippen molar-refractivity contribution in [2.75, 3.05) is 0 Å². The third-order valence-electron chi connectivity index (χ3n) is 2.48. The summed E-state index contributed by atoms with van der Waals surface area (Å²) in [7, 11) is 0. The van der Waals surface area contributed by atoms with Gasteiger partial charge in [-0.15, -0.1) is 0 Å². The van der Waals surface area contributed by atoms with E-state index in [1.807, 2.05) is 0 Å². The largest absolute Gasteiger partial charge is 0.481 e. The number of hydrogen-bond donors (Lipinski definition) is 1. The Morgan fingerprint density at radius 1 is 0.944 bits per heavy atom. The molecular formula is C13H14Cl2O3. The number of aliphatic carboxylic acids is 1. The molecule has 1 rings (SSSR count). The summed E-state index contributed by atoms with van der Waals surface area (Å²) in [6.45, 7) is 0. The summed E-state index contributed by atoms with van der Waals surface area (Å²) in [5.74, 6) is -0.822. The van der Waals surface area contributed by atoms with Crippen molar-refractivity contribution in [1.82, 2.24) is 0 Å². The van der Waals surface area contributed by atoms with Gasteiger partial charge in [-0.25, -0.2) is 0 Å². The van der Waals surface area contributed by atoms with Crippen LogP contribution in [-0.2, 0) is 4.79 Å². The highest BCUT2D eigenvalue weighted by atomic mass is 35.5. The van der Waals surface area contributed by atoms with E-state index in [1.54, 1.807) is 18.2 Å². The normalized spacial score (nSPS) is 10.3. The van der Waals surface area contributed by atoms with Crippen molar-refractivity contribution in [3.8, 4) is 0 Å². The number of rotatable bonds is 7. The van der Waals surface area contributed by atoms with Crippen molar-refractivity contribution in [1.29, 1.82) is 0 Å². The smallest absolute Gasteiger partial charge is 0.303 e. The van der Waals surface area contributed by atoms with Crippen molar-refractivity contribution in [3.63, 3.8) is 0 Å².